The van der Waals surface area contributed by atoms with Crippen molar-refractivity contribution in [2.24, 2.45) is 0 Å². The van der Waals surface area contributed by atoms with Crippen LogP contribution in [0.2, 0.25) is 0 Å². The van der Waals surface area contributed by atoms with E-state index >= 15 is 0 Å². The van der Waals surface area contributed by atoms with E-state index in [1.807, 2.05) is 20.8 Å². The van der Waals surface area contributed by atoms with E-state index < -0.39 is 5.97 Å². The summed E-state index contributed by atoms with van der Waals surface area (Å²) in [5, 5.41) is 38.6. The predicted octanol–water partition coefficient (Wildman–Crippen LogP) is 2.92. The quantitative estimate of drug-likeness (QED) is 0.827. The Hall–Kier alpha value is -3.30. The Labute approximate surface area is 128 Å². The van der Waals surface area contributed by atoms with E-state index in [9.17, 15) is 4.79 Å². The molecule has 22 heavy (non-hydrogen) atoms. The van der Waals surface area contributed by atoms with E-state index in [0.29, 0.717) is 5.69 Å². The normalized spacial score (nSPS) is 9.82. The first-order valence-electron chi connectivity index (χ1n) is 6.34. The fraction of sp³-hybridized carbons (Fsp3) is 0.250. The van der Waals surface area contributed by atoms with Crippen molar-refractivity contribution in [3.05, 3.63) is 40.6 Å². The van der Waals surface area contributed by atoms with Gasteiger partial charge in [0.05, 0.1) is 5.56 Å². The van der Waals surface area contributed by atoms with Crippen LogP contribution in [-0.2, 0) is 5.41 Å². The lowest BCUT2D eigenvalue weighted by atomic mass is 9.85. The van der Waals surface area contributed by atoms with Crippen molar-refractivity contribution in [1.29, 1.82) is 15.8 Å². The molecule has 2 N–H and O–H groups in total. The Kier molecular flexibility index (Phi) is 4.90. The molecule has 0 saturated heterocycles. The molecule has 0 heterocycles. The minimum absolute atomic E-state index is 0.0447. The van der Waals surface area contributed by atoms with Gasteiger partial charge in [-0.25, -0.2) is 4.79 Å². The monoisotopic (exact) mass is 294 g/mol. The lowest BCUT2D eigenvalue weighted by Gasteiger charge is -2.23. The minimum Gasteiger partial charge on any atom is -0.478 e. The Morgan fingerprint density at radius 3 is 2.14 bits per heavy atom. The zero-order valence-corrected chi connectivity index (χ0v) is 12.4. The lowest BCUT2D eigenvalue weighted by Crippen LogP contribution is -2.16. The van der Waals surface area contributed by atoms with E-state index in [-0.39, 0.29) is 22.2 Å². The predicted molar refractivity (Wildman–Crippen MR) is 79.6 cm³/mol. The van der Waals surface area contributed by atoms with Gasteiger partial charge in [-0.05, 0) is 23.1 Å². The van der Waals surface area contributed by atoms with Gasteiger partial charge in [-0.2, -0.15) is 15.8 Å². The van der Waals surface area contributed by atoms with Crippen molar-refractivity contribution in [2.45, 2.75) is 26.2 Å². The first-order chi connectivity index (χ1) is 10.2. The maximum absolute atomic E-state index is 11.1. The molecule has 0 fully saturated rings. The van der Waals surface area contributed by atoms with E-state index in [1.165, 1.54) is 12.1 Å². The summed E-state index contributed by atoms with van der Waals surface area (Å²) in [6, 6.07) is 9.53. The summed E-state index contributed by atoms with van der Waals surface area (Å²) in [4.78, 5) is 11.1. The molecule has 0 spiro atoms. The number of carboxylic acid groups (broad SMARTS) is 1. The highest BCUT2D eigenvalue weighted by atomic mass is 16.4. The van der Waals surface area contributed by atoms with Crippen molar-refractivity contribution >= 4 is 11.7 Å². The molecule has 0 bridgehead atoms. The SMILES string of the molecule is CC(C)(C)c1ccc(C(=O)O)cc1NC(C#N)=C(C#N)C#N. The van der Waals surface area contributed by atoms with Crippen molar-refractivity contribution in [2.75, 3.05) is 5.32 Å². The summed E-state index contributed by atoms with van der Waals surface area (Å²) in [6.07, 6.45) is 0. The first kappa shape index (κ1) is 16.8. The number of rotatable bonds is 3. The zero-order valence-electron chi connectivity index (χ0n) is 12.4. The first-order valence-corrected chi connectivity index (χ1v) is 6.34. The van der Waals surface area contributed by atoms with Crippen LogP contribution >= 0.6 is 0 Å². The second-order valence-corrected chi connectivity index (χ2v) is 5.53. The third-order valence-corrected chi connectivity index (χ3v) is 2.92. The molecule has 1 aromatic rings. The third-order valence-electron chi connectivity index (χ3n) is 2.92. The van der Waals surface area contributed by atoms with Gasteiger partial charge in [0.2, 0.25) is 0 Å². The summed E-state index contributed by atoms with van der Waals surface area (Å²) in [7, 11) is 0. The fourth-order valence-electron chi connectivity index (χ4n) is 1.85. The highest BCUT2D eigenvalue weighted by Gasteiger charge is 2.20. The summed E-state index contributed by atoms with van der Waals surface area (Å²) in [5.41, 5.74) is 0.302. The molecule has 0 aliphatic rings. The molecule has 0 aliphatic heterocycles. The van der Waals surface area contributed by atoms with Crippen molar-refractivity contribution < 1.29 is 9.90 Å². The van der Waals surface area contributed by atoms with Crippen molar-refractivity contribution in [1.82, 2.24) is 0 Å². The fourth-order valence-corrected chi connectivity index (χ4v) is 1.85. The second kappa shape index (κ2) is 6.43. The number of anilines is 1. The topological polar surface area (TPSA) is 121 Å². The Balaban J connectivity index is 3.52. The molecule has 1 rings (SSSR count). The highest BCUT2D eigenvalue weighted by Crippen LogP contribution is 2.31. The number of hydrogen-bond donors (Lipinski definition) is 2. The van der Waals surface area contributed by atoms with E-state index in [4.69, 9.17) is 20.9 Å². The number of carboxylic acids is 1. The molecular weight excluding hydrogens is 280 g/mol. The van der Waals surface area contributed by atoms with Gasteiger partial charge in [-0.15, -0.1) is 0 Å². The highest BCUT2D eigenvalue weighted by molar-refractivity contribution is 5.89. The van der Waals surface area contributed by atoms with E-state index in [1.54, 1.807) is 24.3 Å². The Morgan fingerprint density at radius 1 is 1.14 bits per heavy atom. The zero-order chi connectivity index (χ0) is 16.9. The van der Waals surface area contributed by atoms with Gasteiger partial charge >= 0.3 is 5.97 Å². The lowest BCUT2D eigenvalue weighted by molar-refractivity contribution is 0.0697. The molecular formula is C16H14N4O2. The standard InChI is InChI=1S/C16H14N4O2/c1-16(2,3)12-5-4-10(15(21)22)6-13(12)20-14(9-19)11(7-17)8-18/h4-6,20H,1-3H3,(H,21,22). The average Bonchev–Trinajstić information content (AvgIpc) is 2.45. The number of benzene rings is 1. The van der Waals surface area contributed by atoms with Crippen molar-refractivity contribution in [3.8, 4) is 18.2 Å². The number of nitriles is 3. The van der Waals surface area contributed by atoms with Gasteiger partial charge in [0, 0.05) is 5.69 Å². The van der Waals surface area contributed by atoms with Crippen LogP contribution in [0, 0.1) is 34.0 Å². The molecule has 6 heteroatoms. The maximum Gasteiger partial charge on any atom is 0.335 e. The molecule has 0 atom stereocenters. The van der Waals surface area contributed by atoms with E-state index in [0.717, 1.165) is 5.56 Å². The summed E-state index contributed by atoms with van der Waals surface area (Å²) >= 11 is 0. The Bertz CT molecular complexity index is 749. The minimum atomic E-state index is -1.10. The summed E-state index contributed by atoms with van der Waals surface area (Å²) in [5.74, 6) is -1.10. The molecule has 0 unspecified atom stereocenters. The van der Waals surface area contributed by atoms with Crippen molar-refractivity contribution in [3.63, 3.8) is 0 Å². The molecule has 6 nitrogen and oxygen atoms in total. The van der Waals surface area contributed by atoms with Crippen LogP contribution in [0.25, 0.3) is 0 Å². The van der Waals surface area contributed by atoms with Crippen LogP contribution in [0.1, 0.15) is 36.7 Å². The second-order valence-electron chi connectivity index (χ2n) is 5.53. The van der Waals surface area contributed by atoms with Gasteiger partial charge in [-0.3, -0.25) is 0 Å². The number of allylic oxidation sites excluding steroid dienone is 2. The molecule has 0 radical (unpaired) electrons. The number of aromatic carboxylic acids is 1. The smallest absolute Gasteiger partial charge is 0.335 e. The maximum atomic E-state index is 11.1. The average molecular weight is 294 g/mol. The van der Waals surface area contributed by atoms with Crippen LogP contribution in [-0.4, -0.2) is 11.1 Å². The number of carbonyl (C=O) groups is 1. The summed E-state index contributed by atoms with van der Waals surface area (Å²) < 4.78 is 0. The van der Waals surface area contributed by atoms with Gasteiger partial charge in [0.15, 0.2) is 5.57 Å². The summed E-state index contributed by atoms with van der Waals surface area (Å²) in [6.45, 7) is 5.79. The van der Waals surface area contributed by atoms with Crippen LogP contribution in [0.5, 0.6) is 0 Å². The molecule has 0 aromatic heterocycles. The molecule has 0 aliphatic carbocycles. The van der Waals surface area contributed by atoms with Crippen LogP contribution < -0.4 is 5.32 Å². The Morgan fingerprint density at radius 2 is 1.73 bits per heavy atom. The van der Waals surface area contributed by atoms with Crippen LogP contribution in [0.4, 0.5) is 5.69 Å². The van der Waals surface area contributed by atoms with Crippen LogP contribution in [0.3, 0.4) is 0 Å². The van der Waals surface area contributed by atoms with Crippen LogP contribution in [0.15, 0.2) is 29.5 Å². The molecule has 0 saturated carbocycles. The largest absolute Gasteiger partial charge is 0.478 e. The number of nitrogens with zero attached hydrogens (tertiary/aromatic N) is 3. The van der Waals surface area contributed by atoms with E-state index in [2.05, 4.69) is 5.32 Å². The number of hydrogen-bond acceptors (Lipinski definition) is 5. The third kappa shape index (κ3) is 3.62. The molecule has 0 amide bonds. The van der Waals surface area contributed by atoms with Gasteiger partial charge < -0.3 is 10.4 Å². The van der Waals surface area contributed by atoms with Gasteiger partial charge in [0.1, 0.15) is 23.9 Å². The number of nitrogens with one attached hydrogen (secondary N) is 1. The van der Waals surface area contributed by atoms with Gasteiger partial charge in [0.25, 0.3) is 0 Å². The molecule has 1 aromatic carbocycles. The molecule has 110 valence electrons. The van der Waals surface area contributed by atoms with Gasteiger partial charge in [-0.1, -0.05) is 26.8 Å².